The molecule has 2 heterocycles. The number of halogens is 1. The summed E-state index contributed by atoms with van der Waals surface area (Å²) in [6, 6.07) is 3.35. The zero-order chi connectivity index (χ0) is 12.3. The van der Waals surface area contributed by atoms with Crippen LogP contribution in [0.4, 0.5) is 0 Å². The van der Waals surface area contributed by atoms with Gasteiger partial charge in [-0.05, 0) is 11.4 Å². The van der Waals surface area contributed by atoms with Gasteiger partial charge >= 0.3 is 0 Å². The predicted molar refractivity (Wildman–Crippen MR) is 65.9 cm³/mol. The molecule has 0 N–H and O–H groups in total. The standard InChI is InChI=1S/C11H9ClN2O2S/c1-16-10-5-7(13-6-14-10)4-9(15)11-8(12)2-3-17-11/h2-3,5-6H,4H2,1H3. The van der Waals surface area contributed by atoms with Crippen LogP contribution in [0.25, 0.3) is 0 Å². The van der Waals surface area contributed by atoms with Gasteiger partial charge in [0.1, 0.15) is 6.33 Å². The highest BCUT2D eigenvalue weighted by molar-refractivity contribution is 7.12. The number of rotatable bonds is 4. The van der Waals surface area contributed by atoms with E-state index in [-0.39, 0.29) is 12.2 Å². The minimum Gasteiger partial charge on any atom is -0.481 e. The molecular weight excluding hydrogens is 260 g/mol. The number of nitrogens with zero attached hydrogens (tertiary/aromatic N) is 2. The fourth-order valence-corrected chi connectivity index (χ4v) is 2.42. The molecule has 0 unspecified atom stereocenters. The van der Waals surface area contributed by atoms with Gasteiger partial charge in [0.15, 0.2) is 5.78 Å². The number of aromatic nitrogens is 2. The second-order valence-electron chi connectivity index (χ2n) is 3.25. The summed E-state index contributed by atoms with van der Waals surface area (Å²) >= 11 is 7.22. The van der Waals surface area contributed by atoms with Crippen LogP contribution in [-0.2, 0) is 6.42 Å². The van der Waals surface area contributed by atoms with Gasteiger partial charge in [0.05, 0.1) is 29.1 Å². The van der Waals surface area contributed by atoms with E-state index in [1.54, 1.807) is 17.5 Å². The summed E-state index contributed by atoms with van der Waals surface area (Å²) in [4.78, 5) is 20.4. The first-order valence-electron chi connectivity index (χ1n) is 4.82. The van der Waals surface area contributed by atoms with Crippen molar-refractivity contribution in [2.75, 3.05) is 7.11 Å². The van der Waals surface area contributed by atoms with E-state index in [9.17, 15) is 4.79 Å². The molecule has 17 heavy (non-hydrogen) atoms. The first kappa shape index (κ1) is 12.0. The van der Waals surface area contributed by atoms with Gasteiger partial charge in [-0.2, -0.15) is 0 Å². The molecule has 0 aromatic carbocycles. The van der Waals surface area contributed by atoms with Gasteiger partial charge in [0.25, 0.3) is 0 Å². The summed E-state index contributed by atoms with van der Waals surface area (Å²) in [5.74, 6) is 0.394. The summed E-state index contributed by atoms with van der Waals surface area (Å²) < 4.78 is 4.96. The van der Waals surface area contributed by atoms with Crippen LogP contribution in [0.5, 0.6) is 5.88 Å². The smallest absolute Gasteiger partial charge is 0.216 e. The molecule has 2 aromatic heterocycles. The van der Waals surface area contributed by atoms with Crippen molar-refractivity contribution in [1.82, 2.24) is 9.97 Å². The molecule has 0 saturated heterocycles. The normalized spacial score (nSPS) is 10.2. The molecule has 0 bridgehead atoms. The van der Waals surface area contributed by atoms with Crippen molar-refractivity contribution in [3.8, 4) is 5.88 Å². The average Bonchev–Trinajstić information content (AvgIpc) is 2.76. The Bertz CT molecular complexity index is 542. The van der Waals surface area contributed by atoms with Gasteiger partial charge in [-0.1, -0.05) is 11.6 Å². The quantitative estimate of drug-likeness (QED) is 0.800. The van der Waals surface area contributed by atoms with Crippen LogP contribution in [-0.4, -0.2) is 22.9 Å². The molecule has 6 heteroatoms. The highest BCUT2D eigenvalue weighted by Gasteiger charge is 2.13. The lowest BCUT2D eigenvalue weighted by Gasteiger charge is -2.01. The maximum Gasteiger partial charge on any atom is 0.216 e. The van der Waals surface area contributed by atoms with Crippen molar-refractivity contribution in [3.05, 3.63) is 39.4 Å². The molecule has 4 nitrogen and oxygen atoms in total. The van der Waals surface area contributed by atoms with E-state index < -0.39 is 0 Å². The van der Waals surface area contributed by atoms with E-state index in [0.717, 1.165) is 0 Å². The molecule has 0 aliphatic rings. The molecule has 0 radical (unpaired) electrons. The Hall–Kier alpha value is -1.46. The Kier molecular flexibility index (Phi) is 3.71. The second kappa shape index (κ2) is 5.25. The highest BCUT2D eigenvalue weighted by Crippen LogP contribution is 2.23. The average molecular weight is 269 g/mol. The van der Waals surface area contributed by atoms with Gasteiger partial charge in [-0.25, -0.2) is 9.97 Å². The fraction of sp³-hybridized carbons (Fsp3) is 0.182. The van der Waals surface area contributed by atoms with E-state index in [1.165, 1.54) is 24.8 Å². The molecular formula is C11H9ClN2O2S. The number of ether oxygens (including phenoxy) is 1. The monoisotopic (exact) mass is 268 g/mol. The minimum atomic E-state index is -0.0502. The van der Waals surface area contributed by atoms with Gasteiger partial charge in [0, 0.05) is 6.07 Å². The molecule has 0 spiro atoms. The summed E-state index contributed by atoms with van der Waals surface area (Å²) in [6.45, 7) is 0. The molecule has 0 aliphatic heterocycles. The van der Waals surface area contributed by atoms with Gasteiger partial charge < -0.3 is 4.74 Å². The third-order valence-corrected chi connectivity index (χ3v) is 3.50. The second-order valence-corrected chi connectivity index (χ2v) is 4.57. The number of carbonyl (C=O) groups is 1. The first-order chi connectivity index (χ1) is 8.20. The zero-order valence-electron chi connectivity index (χ0n) is 9.01. The van der Waals surface area contributed by atoms with Crippen LogP contribution in [0.3, 0.4) is 0 Å². The van der Waals surface area contributed by atoms with E-state index in [1.807, 2.05) is 0 Å². The Labute approximate surface area is 107 Å². The van der Waals surface area contributed by atoms with Gasteiger partial charge in [0.2, 0.25) is 5.88 Å². The van der Waals surface area contributed by atoms with Crippen molar-refractivity contribution in [2.45, 2.75) is 6.42 Å². The van der Waals surface area contributed by atoms with Crippen LogP contribution in [0.1, 0.15) is 15.4 Å². The number of carbonyl (C=O) groups excluding carboxylic acids is 1. The molecule has 2 aromatic rings. The van der Waals surface area contributed by atoms with Crippen LogP contribution < -0.4 is 4.74 Å². The maximum atomic E-state index is 11.9. The largest absolute Gasteiger partial charge is 0.481 e. The van der Waals surface area contributed by atoms with Crippen molar-refractivity contribution in [1.29, 1.82) is 0 Å². The maximum absolute atomic E-state index is 11.9. The van der Waals surface area contributed by atoms with Gasteiger partial charge in [-0.3, -0.25) is 4.79 Å². The van der Waals surface area contributed by atoms with E-state index in [0.29, 0.717) is 21.5 Å². The van der Waals surface area contributed by atoms with Crippen LogP contribution in [0.15, 0.2) is 23.8 Å². The number of ketones is 1. The lowest BCUT2D eigenvalue weighted by molar-refractivity contribution is 0.0996. The Morgan fingerprint density at radius 1 is 1.53 bits per heavy atom. The third kappa shape index (κ3) is 2.81. The molecule has 0 saturated carbocycles. The minimum absolute atomic E-state index is 0.0502. The Morgan fingerprint density at radius 2 is 2.35 bits per heavy atom. The van der Waals surface area contributed by atoms with Crippen molar-refractivity contribution < 1.29 is 9.53 Å². The number of hydrogen-bond acceptors (Lipinski definition) is 5. The topological polar surface area (TPSA) is 52.1 Å². The molecule has 0 fully saturated rings. The summed E-state index contributed by atoms with van der Waals surface area (Å²) in [7, 11) is 1.52. The van der Waals surface area contributed by atoms with Crippen LogP contribution in [0.2, 0.25) is 5.02 Å². The van der Waals surface area contributed by atoms with Gasteiger partial charge in [-0.15, -0.1) is 11.3 Å². The fourth-order valence-electron chi connectivity index (χ4n) is 1.32. The van der Waals surface area contributed by atoms with E-state index in [2.05, 4.69) is 9.97 Å². The SMILES string of the molecule is COc1cc(CC(=O)c2sccc2Cl)ncn1. The molecule has 0 atom stereocenters. The third-order valence-electron chi connectivity index (χ3n) is 2.12. The first-order valence-corrected chi connectivity index (χ1v) is 6.07. The number of methoxy groups -OCH3 is 1. The highest BCUT2D eigenvalue weighted by atomic mass is 35.5. The number of hydrogen-bond donors (Lipinski definition) is 0. The van der Waals surface area contributed by atoms with E-state index >= 15 is 0 Å². The Balaban J connectivity index is 2.16. The van der Waals surface area contributed by atoms with Crippen LogP contribution >= 0.6 is 22.9 Å². The van der Waals surface area contributed by atoms with Crippen molar-refractivity contribution in [2.24, 2.45) is 0 Å². The molecule has 88 valence electrons. The summed E-state index contributed by atoms with van der Waals surface area (Å²) in [6.07, 6.45) is 1.57. The summed E-state index contributed by atoms with van der Waals surface area (Å²) in [5.41, 5.74) is 0.617. The molecule has 2 rings (SSSR count). The summed E-state index contributed by atoms with van der Waals surface area (Å²) in [5, 5.41) is 2.27. The van der Waals surface area contributed by atoms with Crippen molar-refractivity contribution >= 4 is 28.7 Å². The molecule has 0 amide bonds. The predicted octanol–water partition coefficient (Wildman–Crippen LogP) is 2.63. The lowest BCUT2D eigenvalue weighted by atomic mass is 10.2. The zero-order valence-corrected chi connectivity index (χ0v) is 10.6. The number of Topliss-reactive ketones (excluding diaryl/α,β-unsaturated/α-hetero) is 1. The Morgan fingerprint density at radius 3 is 3.00 bits per heavy atom. The lowest BCUT2D eigenvalue weighted by Crippen LogP contribution is -2.04. The van der Waals surface area contributed by atoms with E-state index in [4.69, 9.17) is 16.3 Å². The number of thiophene rings is 1. The van der Waals surface area contributed by atoms with Crippen molar-refractivity contribution in [3.63, 3.8) is 0 Å². The van der Waals surface area contributed by atoms with Crippen LogP contribution in [0, 0.1) is 0 Å². The molecule has 0 aliphatic carbocycles.